The molecule has 15 heavy (non-hydrogen) atoms. The fraction of sp³-hybridized carbons (Fsp3) is 0.462. The molecule has 1 aromatic rings. The van der Waals surface area contributed by atoms with Crippen molar-refractivity contribution in [3.05, 3.63) is 35.9 Å². The molecule has 0 aliphatic carbocycles. The van der Waals surface area contributed by atoms with Gasteiger partial charge >= 0.3 is 5.97 Å². The Morgan fingerprint density at radius 2 is 1.93 bits per heavy atom. The van der Waals surface area contributed by atoms with E-state index in [0.29, 0.717) is 6.61 Å². The van der Waals surface area contributed by atoms with Crippen molar-refractivity contribution in [2.24, 2.45) is 0 Å². The predicted molar refractivity (Wildman–Crippen MR) is 60.7 cm³/mol. The Bertz CT molecular complexity index is 293. The number of hydrogen-bond donors (Lipinski definition) is 0. The SMILES string of the molecule is CCC[C@H](C(=O)OCC)c1ccccc1. The van der Waals surface area contributed by atoms with Crippen LogP contribution in [0.1, 0.15) is 38.2 Å². The Morgan fingerprint density at radius 3 is 2.47 bits per heavy atom. The van der Waals surface area contributed by atoms with Crippen LogP contribution >= 0.6 is 0 Å². The Kier molecular flexibility index (Phi) is 4.88. The van der Waals surface area contributed by atoms with Crippen molar-refractivity contribution < 1.29 is 9.53 Å². The van der Waals surface area contributed by atoms with E-state index in [0.717, 1.165) is 18.4 Å². The van der Waals surface area contributed by atoms with Crippen LogP contribution in [0.15, 0.2) is 30.3 Å². The van der Waals surface area contributed by atoms with Gasteiger partial charge < -0.3 is 4.74 Å². The minimum absolute atomic E-state index is 0.101. The highest BCUT2D eigenvalue weighted by Crippen LogP contribution is 2.22. The summed E-state index contributed by atoms with van der Waals surface area (Å²) in [6.07, 6.45) is 1.83. The molecule has 0 amide bonds. The molecule has 0 spiro atoms. The quantitative estimate of drug-likeness (QED) is 0.692. The van der Waals surface area contributed by atoms with Crippen LogP contribution in [0.4, 0.5) is 0 Å². The van der Waals surface area contributed by atoms with E-state index in [9.17, 15) is 4.79 Å². The van der Waals surface area contributed by atoms with E-state index in [1.54, 1.807) is 0 Å². The zero-order chi connectivity index (χ0) is 11.1. The van der Waals surface area contributed by atoms with Crippen LogP contribution in [0.2, 0.25) is 0 Å². The molecule has 0 heterocycles. The summed E-state index contributed by atoms with van der Waals surface area (Å²) in [7, 11) is 0. The second-order valence-electron chi connectivity index (χ2n) is 3.50. The first-order valence-electron chi connectivity index (χ1n) is 5.51. The number of hydrogen-bond acceptors (Lipinski definition) is 2. The molecule has 0 bridgehead atoms. The van der Waals surface area contributed by atoms with Gasteiger partial charge in [0.25, 0.3) is 0 Å². The number of carbonyl (C=O) groups excluding carboxylic acids is 1. The average molecular weight is 206 g/mol. The van der Waals surface area contributed by atoms with Gasteiger partial charge in [0.2, 0.25) is 0 Å². The summed E-state index contributed by atoms with van der Waals surface area (Å²) < 4.78 is 5.07. The lowest BCUT2D eigenvalue weighted by atomic mass is 9.95. The van der Waals surface area contributed by atoms with E-state index >= 15 is 0 Å². The molecule has 0 N–H and O–H groups in total. The van der Waals surface area contributed by atoms with Crippen LogP contribution in [-0.2, 0) is 9.53 Å². The molecule has 0 saturated carbocycles. The molecule has 2 heteroatoms. The molecule has 0 aromatic heterocycles. The van der Waals surface area contributed by atoms with Crippen LogP contribution in [0.3, 0.4) is 0 Å². The number of benzene rings is 1. The Balaban J connectivity index is 2.78. The molecular formula is C13H18O2. The van der Waals surface area contributed by atoms with Crippen molar-refractivity contribution in [3.63, 3.8) is 0 Å². The first-order chi connectivity index (χ1) is 7.29. The molecule has 0 aliphatic heterocycles. The molecule has 0 aliphatic rings. The number of carbonyl (C=O) groups is 1. The molecule has 1 aromatic carbocycles. The number of esters is 1. The van der Waals surface area contributed by atoms with Crippen molar-refractivity contribution in [1.82, 2.24) is 0 Å². The first kappa shape index (κ1) is 11.8. The minimum Gasteiger partial charge on any atom is -0.466 e. The van der Waals surface area contributed by atoms with Crippen LogP contribution in [0, 0.1) is 0 Å². The lowest BCUT2D eigenvalue weighted by Gasteiger charge is -2.14. The van der Waals surface area contributed by atoms with Crippen LogP contribution in [0.5, 0.6) is 0 Å². The van der Waals surface area contributed by atoms with Gasteiger partial charge in [-0.25, -0.2) is 0 Å². The van der Waals surface area contributed by atoms with E-state index in [2.05, 4.69) is 6.92 Å². The molecule has 0 unspecified atom stereocenters. The van der Waals surface area contributed by atoms with Gasteiger partial charge in [-0.2, -0.15) is 0 Å². The summed E-state index contributed by atoms with van der Waals surface area (Å²) in [5, 5.41) is 0. The third-order valence-corrected chi connectivity index (χ3v) is 2.35. The zero-order valence-corrected chi connectivity index (χ0v) is 9.40. The largest absolute Gasteiger partial charge is 0.466 e. The van der Waals surface area contributed by atoms with E-state index in [-0.39, 0.29) is 11.9 Å². The molecule has 1 atom stereocenters. The molecule has 0 radical (unpaired) electrons. The van der Waals surface area contributed by atoms with Gasteiger partial charge in [0.15, 0.2) is 0 Å². The Hall–Kier alpha value is -1.31. The Morgan fingerprint density at radius 1 is 1.27 bits per heavy atom. The van der Waals surface area contributed by atoms with Gasteiger partial charge in [-0.1, -0.05) is 43.7 Å². The van der Waals surface area contributed by atoms with Crippen LogP contribution in [-0.4, -0.2) is 12.6 Å². The van der Waals surface area contributed by atoms with Crippen molar-refractivity contribution in [3.8, 4) is 0 Å². The summed E-state index contributed by atoms with van der Waals surface area (Å²) in [5.74, 6) is -0.207. The lowest BCUT2D eigenvalue weighted by molar-refractivity contribution is -0.145. The molecule has 1 rings (SSSR count). The fourth-order valence-corrected chi connectivity index (χ4v) is 1.64. The maximum absolute atomic E-state index is 11.7. The Labute approximate surface area is 91.3 Å². The molecule has 82 valence electrons. The maximum atomic E-state index is 11.7. The summed E-state index contributed by atoms with van der Waals surface area (Å²) in [6, 6.07) is 9.83. The highest BCUT2D eigenvalue weighted by molar-refractivity contribution is 5.78. The van der Waals surface area contributed by atoms with Crippen molar-refractivity contribution in [1.29, 1.82) is 0 Å². The molecule has 2 nitrogen and oxygen atoms in total. The van der Waals surface area contributed by atoms with Gasteiger partial charge in [-0.15, -0.1) is 0 Å². The van der Waals surface area contributed by atoms with Gasteiger partial charge in [0.1, 0.15) is 0 Å². The van der Waals surface area contributed by atoms with E-state index in [1.807, 2.05) is 37.3 Å². The van der Waals surface area contributed by atoms with Gasteiger partial charge in [-0.05, 0) is 18.9 Å². The summed E-state index contributed by atoms with van der Waals surface area (Å²) in [4.78, 5) is 11.7. The average Bonchev–Trinajstić information content (AvgIpc) is 2.27. The zero-order valence-electron chi connectivity index (χ0n) is 9.40. The second kappa shape index (κ2) is 6.23. The molecule has 0 fully saturated rings. The molecule has 0 saturated heterocycles. The monoisotopic (exact) mass is 206 g/mol. The van der Waals surface area contributed by atoms with Crippen molar-refractivity contribution >= 4 is 5.97 Å². The normalized spacial score (nSPS) is 12.1. The second-order valence-corrected chi connectivity index (χ2v) is 3.50. The first-order valence-corrected chi connectivity index (χ1v) is 5.51. The maximum Gasteiger partial charge on any atom is 0.313 e. The molecular weight excluding hydrogens is 188 g/mol. The van der Waals surface area contributed by atoms with Gasteiger partial charge in [0.05, 0.1) is 12.5 Å². The highest BCUT2D eigenvalue weighted by atomic mass is 16.5. The van der Waals surface area contributed by atoms with E-state index < -0.39 is 0 Å². The number of rotatable bonds is 5. The van der Waals surface area contributed by atoms with E-state index in [1.165, 1.54) is 0 Å². The van der Waals surface area contributed by atoms with Crippen LogP contribution < -0.4 is 0 Å². The van der Waals surface area contributed by atoms with Crippen LogP contribution in [0.25, 0.3) is 0 Å². The van der Waals surface area contributed by atoms with Crippen molar-refractivity contribution in [2.75, 3.05) is 6.61 Å². The highest BCUT2D eigenvalue weighted by Gasteiger charge is 2.20. The summed E-state index contributed by atoms with van der Waals surface area (Å²) in [6.45, 7) is 4.37. The summed E-state index contributed by atoms with van der Waals surface area (Å²) in [5.41, 5.74) is 1.05. The summed E-state index contributed by atoms with van der Waals surface area (Å²) >= 11 is 0. The minimum atomic E-state index is -0.106. The van der Waals surface area contributed by atoms with Crippen molar-refractivity contribution in [2.45, 2.75) is 32.6 Å². The third-order valence-electron chi connectivity index (χ3n) is 2.35. The topological polar surface area (TPSA) is 26.3 Å². The van der Waals surface area contributed by atoms with Gasteiger partial charge in [0, 0.05) is 0 Å². The fourth-order valence-electron chi connectivity index (χ4n) is 1.64. The van der Waals surface area contributed by atoms with Gasteiger partial charge in [-0.3, -0.25) is 4.79 Å². The van der Waals surface area contributed by atoms with E-state index in [4.69, 9.17) is 4.74 Å². The lowest BCUT2D eigenvalue weighted by Crippen LogP contribution is -2.15. The smallest absolute Gasteiger partial charge is 0.313 e. The third kappa shape index (κ3) is 3.39. The number of ether oxygens (including phenoxy) is 1. The standard InChI is InChI=1S/C13H18O2/c1-3-8-12(13(14)15-4-2)11-9-6-5-7-10-11/h5-7,9-10,12H,3-4,8H2,1-2H3/t12-/m0/s1. The predicted octanol–water partition coefficient (Wildman–Crippen LogP) is 3.13.